The summed E-state index contributed by atoms with van der Waals surface area (Å²) in [6.07, 6.45) is 8.40. The lowest BCUT2D eigenvalue weighted by atomic mass is 10.1. The number of pyridine rings is 1. The number of hydrogen-bond acceptors (Lipinski definition) is 8. The van der Waals surface area contributed by atoms with Crippen molar-refractivity contribution in [3.05, 3.63) is 53.6 Å². The van der Waals surface area contributed by atoms with Gasteiger partial charge in [0.25, 0.3) is 5.91 Å². The van der Waals surface area contributed by atoms with Crippen molar-refractivity contribution >= 4 is 11.6 Å². The summed E-state index contributed by atoms with van der Waals surface area (Å²) in [7, 11) is 3.47. The zero-order valence-electron chi connectivity index (χ0n) is 19.8. The number of carbonyl (C=O) groups is 1. The molecule has 0 radical (unpaired) electrons. The average Bonchev–Trinajstić information content (AvgIpc) is 3.51. The van der Waals surface area contributed by atoms with Crippen molar-refractivity contribution < 1.29 is 14.3 Å². The summed E-state index contributed by atoms with van der Waals surface area (Å²) in [6, 6.07) is 2.09. The average molecular weight is 464 g/mol. The molecule has 1 atom stereocenters. The Morgan fingerprint density at radius 2 is 2.06 bits per heavy atom. The molecule has 0 aliphatic carbocycles. The Kier molecular flexibility index (Phi) is 6.04. The first-order valence-electron chi connectivity index (χ1n) is 11.5. The fraction of sp³-hybridized carbons (Fsp3) is 0.458. The first-order chi connectivity index (χ1) is 16.5. The van der Waals surface area contributed by atoms with Gasteiger partial charge >= 0.3 is 0 Å². The number of ether oxygens (including phenoxy) is 2. The molecule has 178 valence electrons. The van der Waals surface area contributed by atoms with Crippen LogP contribution in [0.15, 0.2) is 31.1 Å². The molecule has 3 aromatic rings. The van der Waals surface area contributed by atoms with E-state index in [0.29, 0.717) is 37.2 Å². The molecule has 0 aromatic carbocycles. The Hall–Kier alpha value is -3.69. The topological polar surface area (TPSA) is 98.5 Å². The summed E-state index contributed by atoms with van der Waals surface area (Å²) in [6.45, 7) is 5.41. The molecule has 1 unspecified atom stereocenters. The van der Waals surface area contributed by atoms with Crippen LogP contribution in [0, 0.1) is 12.8 Å². The number of aryl methyl sites for hydroxylation is 2. The number of rotatable bonds is 6. The summed E-state index contributed by atoms with van der Waals surface area (Å²) >= 11 is 0. The first-order valence-corrected chi connectivity index (χ1v) is 11.5. The van der Waals surface area contributed by atoms with Crippen molar-refractivity contribution in [1.82, 2.24) is 29.4 Å². The molecule has 0 spiro atoms. The third-order valence-corrected chi connectivity index (χ3v) is 6.60. The van der Waals surface area contributed by atoms with Crippen LogP contribution in [0.2, 0.25) is 0 Å². The maximum atomic E-state index is 12.8. The summed E-state index contributed by atoms with van der Waals surface area (Å²) in [5.74, 6) is 1.54. The molecule has 3 aromatic heterocycles. The van der Waals surface area contributed by atoms with Crippen molar-refractivity contribution in [2.75, 3.05) is 38.3 Å². The Morgan fingerprint density at radius 1 is 1.18 bits per heavy atom. The summed E-state index contributed by atoms with van der Waals surface area (Å²) < 4.78 is 13.3. The highest BCUT2D eigenvalue weighted by Gasteiger charge is 2.30. The SMILES string of the molecule is COc1ncc(N2CCc3ncnc(OCC4CCN(C(=O)c5cncn5C)C4)c3C2)cc1C. The standard InChI is InChI=1S/C24H29N7O3/c1-16-8-18(9-26-22(16)33-3)30-7-5-20-19(12-30)23(28-14-27-20)34-13-17-4-6-31(11-17)24(32)21-10-25-15-29(21)2/h8-10,14-15,17H,4-7,11-13H2,1-3H3. The van der Waals surface area contributed by atoms with Gasteiger partial charge in [0.2, 0.25) is 11.8 Å². The van der Waals surface area contributed by atoms with Crippen LogP contribution in [0.25, 0.3) is 0 Å². The van der Waals surface area contributed by atoms with E-state index in [9.17, 15) is 4.79 Å². The first kappa shape index (κ1) is 22.1. The molecular weight excluding hydrogens is 434 g/mol. The minimum absolute atomic E-state index is 0.0148. The van der Waals surface area contributed by atoms with Crippen LogP contribution in [0.5, 0.6) is 11.8 Å². The minimum atomic E-state index is 0.0148. The highest BCUT2D eigenvalue weighted by molar-refractivity contribution is 5.92. The number of imidazole rings is 1. The van der Waals surface area contributed by atoms with Crippen LogP contribution in [-0.2, 0) is 20.0 Å². The van der Waals surface area contributed by atoms with Crippen molar-refractivity contribution in [3.63, 3.8) is 0 Å². The lowest BCUT2D eigenvalue weighted by molar-refractivity contribution is 0.0773. The molecule has 5 heterocycles. The highest BCUT2D eigenvalue weighted by Crippen LogP contribution is 2.30. The zero-order chi connectivity index (χ0) is 23.7. The van der Waals surface area contributed by atoms with Gasteiger partial charge in [0, 0.05) is 44.6 Å². The number of carbonyl (C=O) groups excluding carboxylic acids is 1. The quantitative estimate of drug-likeness (QED) is 0.548. The molecule has 0 saturated carbocycles. The van der Waals surface area contributed by atoms with E-state index in [2.05, 4.69) is 30.9 Å². The monoisotopic (exact) mass is 463 g/mol. The summed E-state index contributed by atoms with van der Waals surface area (Å²) in [5, 5.41) is 0. The fourth-order valence-electron chi connectivity index (χ4n) is 4.67. The van der Waals surface area contributed by atoms with Crippen molar-refractivity contribution in [2.24, 2.45) is 13.0 Å². The van der Waals surface area contributed by atoms with Gasteiger partial charge < -0.3 is 23.8 Å². The fourth-order valence-corrected chi connectivity index (χ4v) is 4.67. The number of methoxy groups -OCH3 is 1. The number of amides is 1. The van der Waals surface area contributed by atoms with Gasteiger partial charge in [-0.1, -0.05) is 0 Å². The van der Waals surface area contributed by atoms with Crippen molar-refractivity contribution in [1.29, 1.82) is 0 Å². The molecule has 1 fully saturated rings. The van der Waals surface area contributed by atoms with Crippen LogP contribution >= 0.6 is 0 Å². The molecule has 0 bridgehead atoms. The molecule has 10 nitrogen and oxygen atoms in total. The van der Waals surface area contributed by atoms with E-state index in [1.807, 2.05) is 25.1 Å². The van der Waals surface area contributed by atoms with Crippen molar-refractivity contribution in [3.8, 4) is 11.8 Å². The molecular formula is C24H29N7O3. The van der Waals surface area contributed by atoms with E-state index in [4.69, 9.17) is 9.47 Å². The second kappa shape index (κ2) is 9.28. The van der Waals surface area contributed by atoms with Crippen LogP contribution in [0.1, 0.15) is 33.7 Å². The Labute approximate surface area is 198 Å². The molecule has 10 heteroatoms. The van der Waals surface area contributed by atoms with E-state index in [1.54, 1.807) is 30.5 Å². The molecule has 2 aliphatic heterocycles. The Balaban J connectivity index is 1.24. The number of nitrogens with zero attached hydrogens (tertiary/aromatic N) is 7. The number of anilines is 1. The van der Waals surface area contributed by atoms with Gasteiger partial charge in [0.1, 0.15) is 12.0 Å². The molecule has 34 heavy (non-hydrogen) atoms. The lowest BCUT2D eigenvalue weighted by Gasteiger charge is -2.31. The number of hydrogen-bond donors (Lipinski definition) is 0. The van der Waals surface area contributed by atoms with Gasteiger partial charge in [0.15, 0.2) is 0 Å². The van der Waals surface area contributed by atoms with Gasteiger partial charge in [-0.3, -0.25) is 4.79 Å². The molecule has 0 N–H and O–H groups in total. The van der Waals surface area contributed by atoms with E-state index in [-0.39, 0.29) is 11.8 Å². The maximum Gasteiger partial charge on any atom is 0.272 e. The van der Waals surface area contributed by atoms with Crippen molar-refractivity contribution in [2.45, 2.75) is 26.3 Å². The van der Waals surface area contributed by atoms with Crippen LogP contribution in [0.4, 0.5) is 5.69 Å². The van der Waals surface area contributed by atoms with Crippen LogP contribution in [0.3, 0.4) is 0 Å². The predicted molar refractivity (Wildman–Crippen MR) is 125 cm³/mol. The van der Waals surface area contributed by atoms with E-state index in [1.165, 1.54) is 0 Å². The van der Waals surface area contributed by atoms with Gasteiger partial charge in [-0.05, 0) is 19.4 Å². The maximum absolute atomic E-state index is 12.8. The van der Waals surface area contributed by atoms with E-state index < -0.39 is 0 Å². The smallest absolute Gasteiger partial charge is 0.272 e. The summed E-state index contributed by atoms with van der Waals surface area (Å²) in [4.78, 5) is 34.3. The minimum Gasteiger partial charge on any atom is -0.481 e. The molecule has 5 rings (SSSR count). The van der Waals surface area contributed by atoms with Gasteiger partial charge in [-0.15, -0.1) is 0 Å². The van der Waals surface area contributed by atoms with Gasteiger partial charge in [0.05, 0.1) is 55.9 Å². The van der Waals surface area contributed by atoms with E-state index >= 15 is 0 Å². The summed E-state index contributed by atoms with van der Waals surface area (Å²) in [5.41, 5.74) is 4.69. The second-order valence-corrected chi connectivity index (χ2v) is 8.90. The zero-order valence-corrected chi connectivity index (χ0v) is 19.8. The third-order valence-electron chi connectivity index (χ3n) is 6.60. The number of likely N-dealkylation sites (tertiary alicyclic amines) is 1. The highest BCUT2D eigenvalue weighted by atomic mass is 16.5. The molecule has 2 aliphatic rings. The molecule has 1 amide bonds. The Morgan fingerprint density at radius 3 is 2.82 bits per heavy atom. The van der Waals surface area contributed by atoms with Crippen LogP contribution in [-0.4, -0.2) is 68.7 Å². The third kappa shape index (κ3) is 4.27. The Bertz CT molecular complexity index is 1200. The van der Waals surface area contributed by atoms with Gasteiger partial charge in [-0.25, -0.2) is 19.9 Å². The number of fused-ring (bicyclic) bond motifs is 1. The largest absolute Gasteiger partial charge is 0.481 e. The van der Waals surface area contributed by atoms with Crippen LogP contribution < -0.4 is 14.4 Å². The predicted octanol–water partition coefficient (Wildman–Crippen LogP) is 2.03. The molecule has 1 saturated heterocycles. The normalized spacial score (nSPS) is 17.6. The number of aromatic nitrogens is 5. The lowest BCUT2D eigenvalue weighted by Crippen LogP contribution is -2.32. The van der Waals surface area contributed by atoms with E-state index in [0.717, 1.165) is 48.4 Å². The van der Waals surface area contributed by atoms with Gasteiger partial charge in [-0.2, -0.15) is 0 Å². The second-order valence-electron chi connectivity index (χ2n) is 8.90.